The lowest BCUT2D eigenvalue weighted by atomic mass is 9.98. The second-order valence-electron chi connectivity index (χ2n) is 5.07. The van der Waals surface area contributed by atoms with Crippen molar-refractivity contribution in [1.29, 1.82) is 0 Å². The summed E-state index contributed by atoms with van der Waals surface area (Å²) >= 11 is 5.98. The SMILES string of the molecule is COC(CNC(=O)C1CCCNC1)c1cccc(Cl)c1.Cl. The average Bonchev–Trinajstić information content (AvgIpc) is 2.48. The second kappa shape index (κ2) is 9.26. The van der Waals surface area contributed by atoms with Crippen LogP contribution >= 0.6 is 24.0 Å². The van der Waals surface area contributed by atoms with E-state index in [1.165, 1.54) is 0 Å². The Hall–Kier alpha value is -0.810. The first-order valence-electron chi connectivity index (χ1n) is 6.97. The number of nitrogens with one attached hydrogen (secondary N) is 2. The van der Waals surface area contributed by atoms with E-state index < -0.39 is 0 Å². The fourth-order valence-corrected chi connectivity index (χ4v) is 2.66. The molecule has 4 nitrogen and oxygen atoms in total. The van der Waals surface area contributed by atoms with E-state index in [1.54, 1.807) is 7.11 Å². The molecule has 1 aliphatic heterocycles. The Morgan fingerprint density at radius 2 is 2.38 bits per heavy atom. The largest absolute Gasteiger partial charge is 0.375 e. The second-order valence-corrected chi connectivity index (χ2v) is 5.50. The Labute approximate surface area is 137 Å². The fraction of sp³-hybridized carbons (Fsp3) is 0.533. The van der Waals surface area contributed by atoms with Crippen molar-refractivity contribution in [3.63, 3.8) is 0 Å². The number of methoxy groups -OCH3 is 1. The number of rotatable bonds is 5. The number of benzene rings is 1. The highest BCUT2D eigenvalue weighted by atomic mass is 35.5. The maximum atomic E-state index is 12.1. The fourth-order valence-electron chi connectivity index (χ4n) is 2.46. The Morgan fingerprint density at radius 3 is 3.00 bits per heavy atom. The summed E-state index contributed by atoms with van der Waals surface area (Å²) in [6.07, 6.45) is 1.84. The van der Waals surface area contributed by atoms with Gasteiger partial charge in [0.15, 0.2) is 0 Å². The smallest absolute Gasteiger partial charge is 0.224 e. The van der Waals surface area contributed by atoms with Gasteiger partial charge in [-0.25, -0.2) is 0 Å². The average molecular weight is 333 g/mol. The normalized spacial score (nSPS) is 19.4. The lowest BCUT2D eigenvalue weighted by Gasteiger charge is -2.23. The third-order valence-corrected chi connectivity index (χ3v) is 3.87. The number of halogens is 2. The highest BCUT2D eigenvalue weighted by molar-refractivity contribution is 6.30. The highest BCUT2D eigenvalue weighted by Crippen LogP contribution is 2.20. The molecule has 0 radical (unpaired) electrons. The summed E-state index contributed by atoms with van der Waals surface area (Å²) in [5, 5.41) is 6.89. The van der Waals surface area contributed by atoms with E-state index in [0.29, 0.717) is 11.6 Å². The van der Waals surface area contributed by atoms with Gasteiger partial charge in [0.05, 0.1) is 12.0 Å². The van der Waals surface area contributed by atoms with Gasteiger partial charge in [0, 0.05) is 25.2 Å². The van der Waals surface area contributed by atoms with Gasteiger partial charge in [0.25, 0.3) is 0 Å². The standard InChI is InChI=1S/C15H21ClN2O2.ClH/c1-20-14(11-4-2-6-13(16)8-11)10-18-15(19)12-5-3-7-17-9-12;/h2,4,6,8,12,14,17H,3,5,7,9-10H2,1H3,(H,18,19);1H. The van der Waals surface area contributed by atoms with E-state index in [0.717, 1.165) is 31.5 Å². The molecule has 1 fully saturated rings. The van der Waals surface area contributed by atoms with Crippen LogP contribution < -0.4 is 10.6 Å². The molecule has 118 valence electrons. The van der Waals surface area contributed by atoms with Crippen molar-refractivity contribution in [3.8, 4) is 0 Å². The Balaban J connectivity index is 0.00000220. The zero-order valence-electron chi connectivity index (χ0n) is 12.1. The van der Waals surface area contributed by atoms with Gasteiger partial charge in [-0.3, -0.25) is 4.79 Å². The third kappa shape index (κ3) is 5.47. The topological polar surface area (TPSA) is 50.4 Å². The number of piperidine rings is 1. The van der Waals surface area contributed by atoms with Gasteiger partial charge >= 0.3 is 0 Å². The molecule has 2 unspecified atom stereocenters. The molecule has 21 heavy (non-hydrogen) atoms. The Bertz CT molecular complexity index is 451. The van der Waals surface area contributed by atoms with Crippen molar-refractivity contribution < 1.29 is 9.53 Å². The van der Waals surface area contributed by atoms with Crippen LogP contribution in [-0.4, -0.2) is 32.7 Å². The van der Waals surface area contributed by atoms with Crippen LogP contribution in [0.3, 0.4) is 0 Å². The zero-order valence-corrected chi connectivity index (χ0v) is 13.7. The summed E-state index contributed by atoms with van der Waals surface area (Å²) in [5.74, 6) is 0.168. The molecule has 0 spiro atoms. The minimum atomic E-state index is -0.172. The van der Waals surface area contributed by atoms with Crippen LogP contribution in [0.4, 0.5) is 0 Å². The molecule has 0 saturated carbocycles. The van der Waals surface area contributed by atoms with Crippen LogP contribution in [0, 0.1) is 5.92 Å². The minimum Gasteiger partial charge on any atom is -0.375 e. The van der Waals surface area contributed by atoms with E-state index in [2.05, 4.69) is 10.6 Å². The van der Waals surface area contributed by atoms with Crippen molar-refractivity contribution in [3.05, 3.63) is 34.9 Å². The molecule has 0 aromatic heterocycles. The molecule has 2 atom stereocenters. The van der Waals surface area contributed by atoms with Crippen molar-refractivity contribution in [2.24, 2.45) is 5.92 Å². The predicted octanol–water partition coefficient (Wildman–Crippen LogP) is 2.57. The molecule has 6 heteroatoms. The molecule has 0 aliphatic carbocycles. The highest BCUT2D eigenvalue weighted by Gasteiger charge is 2.21. The van der Waals surface area contributed by atoms with Gasteiger partial charge in [-0.15, -0.1) is 12.4 Å². The first kappa shape index (κ1) is 18.2. The molecule has 1 heterocycles. The number of carbonyl (C=O) groups excluding carboxylic acids is 1. The van der Waals surface area contributed by atoms with Crippen molar-refractivity contribution >= 4 is 29.9 Å². The molecule has 1 aliphatic rings. The lowest BCUT2D eigenvalue weighted by Crippen LogP contribution is -2.41. The maximum Gasteiger partial charge on any atom is 0.224 e. The molecule has 1 aromatic rings. The van der Waals surface area contributed by atoms with Crippen molar-refractivity contribution in [2.75, 3.05) is 26.7 Å². The molecule has 1 amide bonds. The van der Waals surface area contributed by atoms with E-state index >= 15 is 0 Å². The van der Waals surface area contributed by atoms with Gasteiger partial charge in [0.1, 0.15) is 0 Å². The number of hydrogen-bond acceptors (Lipinski definition) is 3. The number of carbonyl (C=O) groups is 1. The van der Waals surface area contributed by atoms with Crippen LogP contribution in [0.2, 0.25) is 5.02 Å². The van der Waals surface area contributed by atoms with Gasteiger partial charge in [0.2, 0.25) is 5.91 Å². The summed E-state index contributed by atoms with van der Waals surface area (Å²) in [7, 11) is 1.64. The summed E-state index contributed by atoms with van der Waals surface area (Å²) in [4.78, 5) is 12.1. The monoisotopic (exact) mass is 332 g/mol. The molecule has 1 aromatic carbocycles. The zero-order chi connectivity index (χ0) is 14.4. The summed E-state index contributed by atoms with van der Waals surface area (Å²) in [6, 6.07) is 7.53. The molecule has 2 N–H and O–H groups in total. The first-order valence-corrected chi connectivity index (χ1v) is 7.35. The summed E-state index contributed by atoms with van der Waals surface area (Å²) in [5.41, 5.74) is 0.974. The summed E-state index contributed by atoms with van der Waals surface area (Å²) < 4.78 is 5.44. The molecule has 2 rings (SSSR count). The lowest BCUT2D eigenvalue weighted by molar-refractivity contribution is -0.126. The minimum absolute atomic E-state index is 0. The van der Waals surface area contributed by atoms with Crippen LogP contribution in [0.15, 0.2) is 24.3 Å². The molecule has 1 saturated heterocycles. The van der Waals surface area contributed by atoms with Crippen LogP contribution in [0.1, 0.15) is 24.5 Å². The number of ether oxygens (including phenoxy) is 1. The van der Waals surface area contributed by atoms with Crippen LogP contribution in [-0.2, 0) is 9.53 Å². The molecule has 0 bridgehead atoms. The van der Waals surface area contributed by atoms with E-state index in [9.17, 15) is 4.79 Å². The van der Waals surface area contributed by atoms with Crippen molar-refractivity contribution in [2.45, 2.75) is 18.9 Å². The quantitative estimate of drug-likeness (QED) is 0.871. The van der Waals surface area contributed by atoms with E-state index in [-0.39, 0.29) is 30.3 Å². The first-order chi connectivity index (χ1) is 9.70. The summed E-state index contributed by atoms with van der Waals surface area (Å²) in [6.45, 7) is 2.24. The molecular weight excluding hydrogens is 311 g/mol. The van der Waals surface area contributed by atoms with Crippen molar-refractivity contribution in [1.82, 2.24) is 10.6 Å². The van der Waals surface area contributed by atoms with E-state index in [1.807, 2.05) is 24.3 Å². The van der Waals surface area contributed by atoms with Gasteiger partial charge < -0.3 is 15.4 Å². The predicted molar refractivity (Wildman–Crippen MR) is 87.1 cm³/mol. The van der Waals surface area contributed by atoms with E-state index in [4.69, 9.17) is 16.3 Å². The Morgan fingerprint density at radius 1 is 1.57 bits per heavy atom. The number of hydrogen-bond donors (Lipinski definition) is 2. The van der Waals surface area contributed by atoms with Crippen LogP contribution in [0.25, 0.3) is 0 Å². The van der Waals surface area contributed by atoms with Gasteiger partial charge in [-0.2, -0.15) is 0 Å². The van der Waals surface area contributed by atoms with Gasteiger partial charge in [-0.05, 0) is 37.1 Å². The maximum absolute atomic E-state index is 12.1. The molecular formula is C15H22Cl2N2O2. The Kier molecular flexibility index (Phi) is 8.04. The number of amides is 1. The van der Waals surface area contributed by atoms with Gasteiger partial charge in [-0.1, -0.05) is 23.7 Å². The van der Waals surface area contributed by atoms with Crippen LogP contribution in [0.5, 0.6) is 0 Å². The third-order valence-electron chi connectivity index (χ3n) is 3.63.